The van der Waals surface area contributed by atoms with Crippen LogP contribution in [-0.4, -0.2) is 4.98 Å². The van der Waals surface area contributed by atoms with Crippen LogP contribution in [0, 0.1) is 13.8 Å². The van der Waals surface area contributed by atoms with E-state index >= 15 is 0 Å². The average Bonchev–Trinajstić information content (AvgIpc) is 1.99. The summed E-state index contributed by atoms with van der Waals surface area (Å²) in [6, 6.07) is 0. The Kier molecular flexibility index (Phi) is 2.47. The van der Waals surface area contributed by atoms with E-state index in [-0.39, 0.29) is 0 Å². The van der Waals surface area contributed by atoms with Crippen LogP contribution in [0.3, 0.4) is 0 Å². The molecule has 0 aromatic carbocycles. The Hall–Kier alpha value is -0.600. The van der Waals surface area contributed by atoms with Crippen LogP contribution in [0.1, 0.15) is 16.7 Å². The van der Waals surface area contributed by atoms with Gasteiger partial charge in [0.05, 0.1) is 0 Å². The van der Waals surface area contributed by atoms with Gasteiger partial charge in [0.15, 0.2) is 0 Å². The van der Waals surface area contributed by atoms with Gasteiger partial charge in [0, 0.05) is 18.3 Å². The molecule has 0 radical (unpaired) electrons. The summed E-state index contributed by atoms with van der Waals surface area (Å²) in [5.41, 5.74) is 8.73. The maximum atomic E-state index is 5.81. The number of halogens is 1. The van der Waals surface area contributed by atoms with Gasteiger partial charge < -0.3 is 5.73 Å². The van der Waals surface area contributed by atoms with Crippen molar-refractivity contribution in [3.63, 3.8) is 0 Å². The number of hydrogen-bond donors (Lipinski definition) is 1. The fourth-order valence-electron chi connectivity index (χ4n) is 0.958. The third-order valence-corrected chi connectivity index (χ3v) is 2.19. The number of pyridine rings is 1. The van der Waals surface area contributed by atoms with Crippen molar-refractivity contribution >= 4 is 11.6 Å². The van der Waals surface area contributed by atoms with Gasteiger partial charge in [-0.1, -0.05) is 11.6 Å². The van der Waals surface area contributed by atoms with Crippen LogP contribution in [-0.2, 0) is 6.54 Å². The number of nitrogens with zero attached hydrogens (tertiary/aromatic N) is 1. The third-order valence-electron chi connectivity index (χ3n) is 1.87. The molecule has 0 amide bonds. The van der Waals surface area contributed by atoms with Gasteiger partial charge in [-0.2, -0.15) is 0 Å². The second-order valence-corrected chi connectivity index (χ2v) is 2.90. The molecular weight excluding hydrogens is 160 g/mol. The fourth-order valence-corrected chi connectivity index (χ4v) is 1.23. The molecule has 2 nitrogen and oxygen atoms in total. The molecule has 0 atom stereocenters. The van der Waals surface area contributed by atoms with Gasteiger partial charge >= 0.3 is 0 Å². The van der Waals surface area contributed by atoms with Gasteiger partial charge in [-0.15, -0.1) is 0 Å². The fraction of sp³-hybridized carbons (Fsp3) is 0.375. The number of nitrogens with two attached hydrogens (primary N) is 1. The molecule has 0 bridgehead atoms. The standard InChI is InChI=1S/C8H11ClN2/c1-5-4-11-8(9)7(3-10)6(5)2/h4H,3,10H2,1-2H3. The maximum Gasteiger partial charge on any atom is 0.133 e. The summed E-state index contributed by atoms with van der Waals surface area (Å²) in [7, 11) is 0. The Morgan fingerprint density at radius 1 is 1.55 bits per heavy atom. The molecule has 1 aromatic rings. The van der Waals surface area contributed by atoms with Crippen LogP contribution in [0.4, 0.5) is 0 Å². The Morgan fingerprint density at radius 3 is 2.64 bits per heavy atom. The van der Waals surface area contributed by atoms with Crippen LogP contribution in [0.2, 0.25) is 5.15 Å². The summed E-state index contributed by atoms with van der Waals surface area (Å²) in [5.74, 6) is 0. The van der Waals surface area contributed by atoms with Crippen molar-refractivity contribution in [2.75, 3.05) is 0 Å². The van der Waals surface area contributed by atoms with E-state index in [1.807, 2.05) is 13.8 Å². The van der Waals surface area contributed by atoms with Crippen LogP contribution < -0.4 is 5.73 Å². The van der Waals surface area contributed by atoms with E-state index in [1.54, 1.807) is 6.20 Å². The lowest BCUT2D eigenvalue weighted by Gasteiger charge is -2.06. The van der Waals surface area contributed by atoms with Crippen LogP contribution >= 0.6 is 11.6 Å². The predicted molar refractivity (Wildman–Crippen MR) is 46.6 cm³/mol. The molecule has 1 aromatic heterocycles. The van der Waals surface area contributed by atoms with Gasteiger partial charge in [0.2, 0.25) is 0 Å². The van der Waals surface area contributed by atoms with Crippen LogP contribution in [0.25, 0.3) is 0 Å². The Bertz CT molecular complexity index is 271. The molecule has 0 aliphatic rings. The highest BCUT2D eigenvalue weighted by Gasteiger charge is 2.04. The minimum absolute atomic E-state index is 0.458. The Morgan fingerprint density at radius 2 is 2.18 bits per heavy atom. The molecular formula is C8H11ClN2. The van der Waals surface area contributed by atoms with Gasteiger partial charge in [0.25, 0.3) is 0 Å². The highest BCUT2D eigenvalue weighted by Crippen LogP contribution is 2.18. The topological polar surface area (TPSA) is 38.9 Å². The van der Waals surface area contributed by atoms with E-state index in [4.69, 9.17) is 17.3 Å². The second-order valence-electron chi connectivity index (χ2n) is 2.54. The Balaban J connectivity index is 3.29. The lowest BCUT2D eigenvalue weighted by molar-refractivity contribution is 1.01. The van der Waals surface area contributed by atoms with E-state index in [0.717, 1.165) is 16.7 Å². The number of rotatable bonds is 1. The van der Waals surface area contributed by atoms with E-state index in [0.29, 0.717) is 11.7 Å². The summed E-state index contributed by atoms with van der Waals surface area (Å²) < 4.78 is 0. The minimum Gasteiger partial charge on any atom is -0.326 e. The summed E-state index contributed by atoms with van der Waals surface area (Å²) >= 11 is 5.81. The monoisotopic (exact) mass is 170 g/mol. The van der Waals surface area contributed by atoms with Crippen molar-refractivity contribution in [1.29, 1.82) is 0 Å². The number of aromatic nitrogens is 1. The zero-order valence-electron chi connectivity index (χ0n) is 6.69. The highest BCUT2D eigenvalue weighted by molar-refractivity contribution is 6.30. The molecule has 1 heterocycles. The number of hydrogen-bond acceptors (Lipinski definition) is 2. The summed E-state index contributed by atoms with van der Waals surface area (Å²) in [5, 5.41) is 0.524. The Labute approximate surface area is 71.4 Å². The summed E-state index contributed by atoms with van der Waals surface area (Å²) in [4.78, 5) is 4.00. The molecule has 0 saturated heterocycles. The van der Waals surface area contributed by atoms with Gasteiger partial charge in [-0.3, -0.25) is 0 Å². The van der Waals surface area contributed by atoms with E-state index < -0.39 is 0 Å². The normalized spacial score (nSPS) is 10.2. The molecule has 1 rings (SSSR count). The molecule has 60 valence electrons. The van der Waals surface area contributed by atoms with Crippen LogP contribution in [0.5, 0.6) is 0 Å². The lowest BCUT2D eigenvalue weighted by Crippen LogP contribution is -2.02. The SMILES string of the molecule is Cc1cnc(Cl)c(CN)c1C. The minimum atomic E-state index is 0.458. The zero-order valence-corrected chi connectivity index (χ0v) is 7.44. The third kappa shape index (κ3) is 1.52. The molecule has 0 spiro atoms. The van der Waals surface area contributed by atoms with Crippen molar-refractivity contribution in [3.8, 4) is 0 Å². The van der Waals surface area contributed by atoms with Crippen molar-refractivity contribution in [2.45, 2.75) is 20.4 Å². The van der Waals surface area contributed by atoms with E-state index in [2.05, 4.69) is 4.98 Å². The van der Waals surface area contributed by atoms with Gasteiger partial charge in [-0.25, -0.2) is 4.98 Å². The predicted octanol–water partition coefficient (Wildman–Crippen LogP) is 1.81. The molecule has 0 aliphatic carbocycles. The number of aryl methyl sites for hydroxylation is 1. The lowest BCUT2D eigenvalue weighted by atomic mass is 10.1. The second kappa shape index (κ2) is 3.20. The van der Waals surface area contributed by atoms with Crippen molar-refractivity contribution < 1.29 is 0 Å². The summed E-state index contributed by atoms with van der Waals surface area (Å²) in [6.45, 7) is 4.46. The quantitative estimate of drug-likeness (QED) is 0.653. The van der Waals surface area contributed by atoms with Gasteiger partial charge in [-0.05, 0) is 25.0 Å². The molecule has 0 unspecified atom stereocenters. The smallest absolute Gasteiger partial charge is 0.133 e. The highest BCUT2D eigenvalue weighted by atomic mass is 35.5. The molecule has 11 heavy (non-hydrogen) atoms. The maximum absolute atomic E-state index is 5.81. The van der Waals surface area contributed by atoms with Crippen LogP contribution in [0.15, 0.2) is 6.20 Å². The molecule has 0 saturated carbocycles. The van der Waals surface area contributed by atoms with Crippen molar-refractivity contribution in [2.24, 2.45) is 5.73 Å². The average molecular weight is 171 g/mol. The van der Waals surface area contributed by atoms with Gasteiger partial charge in [0.1, 0.15) is 5.15 Å². The molecule has 0 aliphatic heterocycles. The molecule has 3 heteroatoms. The first-order chi connectivity index (χ1) is 5.16. The molecule has 2 N–H and O–H groups in total. The zero-order chi connectivity index (χ0) is 8.43. The largest absolute Gasteiger partial charge is 0.326 e. The summed E-state index contributed by atoms with van der Waals surface area (Å²) in [6.07, 6.45) is 1.76. The van der Waals surface area contributed by atoms with E-state index in [1.165, 1.54) is 0 Å². The molecule has 0 fully saturated rings. The first kappa shape index (κ1) is 8.50. The van der Waals surface area contributed by atoms with Crippen molar-refractivity contribution in [3.05, 3.63) is 28.0 Å². The van der Waals surface area contributed by atoms with Crippen molar-refractivity contribution in [1.82, 2.24) is 4.98 Å². The first-order valence-electron chi connectivity index (χ1n) is 3.47. The van der Waals surface area contributed by atoms with E-state index in [9.17, 15) is 0 Å². The first-order valence-corrected chi connectivity index (χ1v) is 3.85.